The molecule has 13 nitrogen and oxygen atoms in total. The van der Waals surface area contributed by atoms with E-state index in [1.807, 2.05) is 42.6 Å². The molecule has 0 amide bonds. The molecule has 5 aromatic heterocycles. The number of nitrogens with one attached hydrogen (secondary N) is 3. The Hall–Kier alpha value is -4.54. The number of hydrogen-bond donors (Lipinski definition) is 4. The lowest BCUT2D eigenvalue weighted by Gasteiger charge is -2.28. The quantitative estimate of drug-likeness (QED) is 0.195. The van der Waals surface area contributed by atoms with Gasteiger partial charge in [-0.05, 0) is 37.7 Å². The van der Waals surface area contributed by atoms with Crippen LogP contribution in [0.4, 0.5) is 25.1 Å². The van der Waals surface area contributed by atoms with Gasteiger partial charge in [-0.15, -0.1) is 11.8 Å². The molecule has 0 unspecified atom stereocenters. The molecule has 4 N–H and O–H groups in total. The third kappa shape index (κ3) is 7.16. The van der Waals surface area contributed by atoms with E-state index in [4.69, 9.17) is 9.90 Å². The third-order valence-electron chi connectivity index (χ3n) is 6.42. The fourth-order valence-corrected chi connectivity index (χ4v) is 5.40. The number of thioether (sulfide) groups is 1. The molecule has 41 heavy (non-hydrogen) atoms. The highest BCUT2D eigenvalue weighted by molar-refractivity contribution is 7.99. The molecule has 6 rings (SSSR count). The van der Waals surface area contributed by atoms with E-state index in [9.17, 15) is 13.2 Å². The summed E-state index contributed by atoms with van der Waals surface area (Å²) in [4.78, 5) is 34.6. The van der Waals surface area contributed by atoms with Gasteiger partial charge in [0.05, 0.1) is 17.9 Å². The number of halogens is 3. The zero-order valence-corrected chi connectivity index (χ0v) is 22.1. The number of fused-ring (bicyclic) bond motifs is 1. The molecule has 0 saturated heterocycles. The summed E-state index contributed by atoms with van der Waals surface area (Å²) in [5.74, 6) is 0.0228. The van der Waals surface area contributed by atoms with E-state index in [0.717, 1.165) is 45.8 Å². The molecule has 214 valence electrons. The Morgan fingerprint density at radius 1 is 1.07 bits per heavy atom. The van der Waals surface area contributed by atoms with Crippen molar-refractivity contribution in [3.63, 3.8) is 0 Å². The monoisotopic (exact) mass is 587 g/mol. The van der Waals surface area contributed by atoms with Crippen LogP contribution in [-0.4, -0.2) is 72.9 Å². The zero-order chi connectivity index (χ0) is 28.8. The Kier molecular flexibility index (Phi) is 8.42. The average molecular weight is 588 g/mol. The molecule has 0 atom stereocenters. The number of anilines is 2. The number of alkyl halides is 3. The van der Waals surface area contributed by atoms with E-state index in [2.05, 4.69) is 61.4 Å². The van der Waals surface area contributed by atoms with Crippen LogP contribution in [0.1, 0.15) is 31.7 Å². The van der Waals surface area contributed by atoms with Crippen LogP contribution in [0, 0.1) is 5.92 Å². The van der Waals surface area contributed by atoms with Gasteiger partial charge in [0.15, 0.2) is 0 Å². The summed E-state index contributed by atoms with van der Waals surface area (Å²) in [5.41, 5.74) is 2.81. The second-order valence-electron chi connectivity index (χ2n) is 9.16. The van der Waals surface area contributed by atoms with Crippen molar-refractivity contribution >= 4 is 40.7 Å². The first-order valence-corrected chi connectivity index (χ1v) is 13.4. The molecule has 1 aliphatic rings. The molecule has 0 radical (unpaired) electrons. The fourth-order valence-electron chi connectivity index (χ4n) is 4.38. The number of aromatic amines is 2. The number of carboxylic acid groups (broad SMARTS) is 1. The van der Waals surface area contributed by atoms with Crippen LogP contribution in [0.5, 0.6) is 0 Å². The number of hydrogen-bond acceptors (Lipinski definition) is 10. The van der Waals surface area contributed by atoms with E-state index >= 15 is 0 Å². The molecule has 5 aromatic rings. The SMILES string of the molecule is O=C(O)C(F)(F)F.c1n[nH]c(Nc2ncc(SCC3CCC(n4cc(-c5ncnc6[nH]ccc56)cn4)CC3)cn2)n1. The van der Waals surface area contributed by atoms with Crippen LogP contribution >= 0.6 is 11.8 Å². The Morgan fingerprint density at radius 3 is 2.51 bits per heavy atom. The van der Waals surface area contributed by atoms with Crippen molar-refractivity contribution in [1.82, 2.24) is 49.9 Å². The highest BCUT2D eigenvalue weighted by atomic mass is 32.2. The lowest BCUT2D eigenvalue weighted by molar-refractivity contribution is -0.192. The van der Waals surface area contributed by atoms with E-state index < -0.39 is 12.1 Å². The van der Waals surface area contributed by atoms with Gasteiger partial charge in [-0.25, -0.2) is 29.8 Å². The van der Waals surface area contributed by atoms with Gasteiger partial charge >= 0.3 is 12.1 Å². The smallest absolute Gasteiger partial charge is 0.475 e. The van der Waals surface area contributed by atoms with Crippen LogP contribution in [0.3, 0.4) is 0 Å². The van der Waals surface area contributed by atoms with Gasteiger partial charge in [0.25, 0.3) is 0 Å². The van der Waals surface area contributed by atoms with Crippen molar-refractivity contribution < 1.29 is 23.1 Å². The molecule has 1 fully saturated rings. The maximum absolute atomic E-state index is 10.6. The van der Waals surface area contributed by atoms with Crippen molar-refractivity contribution in [3.8, 4) is 11.3 Å². The Morgan fingerprint density at radius 2 is 1.83 bits per heavy atom. The van der Waals surface area contributed by atoms with Crippen molar-refractivity contribution in [1.29, 1.82) is 0 Å². The molecule has 5 heterocycles. The minimum atomic E-state index is -5.08. The van der Waals surface area contributed by atoms with E-state index in [1.54, 1.807) is 6.33 Å². The highest BCUT2D eigenvalue weighted by Gasteiger charge is 2.38. The van der Waals surface area contributed by atoms with E-state index in [-0.39, 0.29) is 0 Å². The van der Waals surface area contributed by atoms with Crippen molar-refractivity contribution in [3.05, 3.63) is 49.7 Å². The largest absolute Gasteiger partial charge is 0.490 e. The summed E-state index contributed by atoms with van der Waals surface area (Å²) >= 11 is 1.82. The summed E-state index contributed by atoms with van der Waals surface area (Å²) < 4.78 is 33.9. The van der Waals surface area contributed by atoms with Gasteiger partial charge in [0.1, 0.15) is 18.3 Å². The van der Waals surface area contributed by atoms with Crippen LogP contribution in [0.25, 0.3) is 22.3 Å². The number of H-pyrrole nitrogens is 2. The van der Waals surface area contributed by atoms with Gasteiger partial charge in [0.2, 0.25) is 11.9 Å². The molecule has 0 bridgehead atoms. The number of aromatic nitrogens is 10. The minimum Gasteiger partial charge on any atom is -0.475 e. The van der Waals surface area contributed by atoms with Crippen LogP contribution in [0.2, 0.25) is 0 Å². The lowest BCUT2D eigenvalue weighted by Crippen LogP contribution is -2.21. The first-order valence-electron chi connectivity index (χ1n) is 12.5. The standard InChI is InChI=1S/C22H23N11S.C2HF3O2/c1-3-16(33-10-15(7-30-33)19-18-5-6-23-20(18)27-12-26-19)4-2-14(1)11-34-17-8-24-21(25-9-17)31-22-28-13-29-32-22;3-2(4,5)1(6)7/h5-10,12-14,16H,1-4,11H2,(H,23,26,27)(H2,24,25,28,29,31,32);(H,6,7). The predicted molar refractivity (Wildman–Crippen MR) is 142 cm³/mol. The van der Waals surface area contributed by atoms with Gasteiger partial charge in [-0.2, -0.15) is 28.4 Å². The number of aliphatic carboxylic acids is 1. The Labute approximate surface area is 234 Å². The van der Waals surface area contributed by atoms with Gasteiger partial charge in [-0.3, -0.25) is 10.00 Å². The van der Waals surface area contributed by atoms with Gasteiger partial charge in [-0.1, -0.05) is 0 Å². The first kappa shape index (κ1) is 28.0. The Bertz CT molecular complexity index is 1560. The fraction of sp³-hybridized carbons (Fsp3) is 0.333. The van der Waals surface area contributed by atoms with Gasteiger partial charge < -0.3 is 10.1 Å². The van der Waals surface area contributed by atoms with Crippen LogP contribution in [-0.2, 0) is 4.79 Å². The van der Waals surface area contributed by atoms with E-state index in [1.165, 1.54) is 19.2 Å². The molecule has 0 aromatic carbocycles. The second kappa shape index (κ2) is 12.3. The molecule has 17 heteroatoms. The summed E-state index contributed by atoms with van der Waals surface area (Å²) in [5, 5.41) is 22.3. The number of nitrogens with zero attached hydrogens (tertiary/aromatic N) is 8. The minimum absolute atomic E-state index is 0.434. The number of rotatable bonds is 7. The topological polar surface area (TPSA) is 176 Å². The van der Waals surface area contributed by atoms with Crippen LogP contribution < -0.4 is 5.32 Å². The van der Waals surface area contributed by atoms with Crippen molar-refractivity contribution in [2.75, 3.05) is 11.1 Å². The lowest BCUT2D eigenvalue weighted by atomic mass is 9.87. The predicted octanol–water partition coefficient (Wildman–Crippen LogP) is 4.63. The van der Waals surface area contributed by atoms with Crippen molar-refractivity contribution in [2.45, 2.75) is 42.8 Å². The summed E-state index contributed by atoms with van der Waals surface area (Å²) in [7, 11) is 0. The maximum Gasteiger partial charge on any atom is 0.490 e. The molecular weight excluding hydrogens is 563 g/mol. The summed E-state index contributed by atoms with van der Waals surface area (Å²) in [6.45, 7) is 0. The van der Waals surface area contributed by atoms with Gasteiger partial charge in [0, 0.05) is 46.4 Å². The average Bonchev–Trinajstić information content (AvgIpc) is 3.75. The van der Waals surface area contributed by atoms with Crippen molar-refractivity contribution in [2.24, 2.45) is 5.92 Å². The molecule has 0 spiro atoms. The highest BCUT2D eigenvalue weighted by Crippen LogP contribution is 2.36. The normalized spacial score (nSPS) is 17.1. The second-order valence-corrected chi connectivity index (χ2v) is 10.3. The Balaban J connectivity index is 0.000000431. The number of carbonyl (C=O) groups is 1. The maximum atomic E-state index is 10.6. The summed E-state index contributed by atoms with van der Waals surface area (Å²) in [6, 6.07) is 2.44. The third-order valence-corrected chi connectivity index (χ3v) is 7.60. The summed E-state index contributed by atoms with van der Waals surface area (Å²) in [6.07, 6.45) is 12.2. The van der Waals surface area contributed by atoms with Crippen LogP contribution in [0.15, 0.2) is 54.6 Å². The molecule has 1 saturated carbocycles. The number of carboxylic acids is 1. The zero-order valence-electron chi connectivity index (χ0n) is 21.3. The first-order chi connectivity index (χ1) is 19.8. The molecular formula is C24H24F3N11O2S. The molecule has 1 aliphatic carbocycles. The molecule has 0 aliphatic heterocycles. The van der Waals surface area contributed by atoms with E-state index in [0.29, 0.717) is 23.9 Å².